The Bertz CT molecular complexity index is 649. The lowest BCUT2D eigenvalue weighted by atomic mass is 10.1. The van der Waals surface area contributed by atoms with Crippen molar-refractivity contribution >= 4 is 23.4 Å². The van der Waals surface area contributed by atoms with E-state index in [4.69, 9.17) is 10.5 Å². The van der Waals surface area contributed by atoms with Gasteiger partial charge < -0.3 is 15.4 Å². The Balaban J connectivity index is 1.87. The Kier molecular flexibility index (Phi) is 5.89. The van der Waals surface area contributed by atoms with Crippen LogP contribution >= 0.6 is 0 Å². The first-order valence-electron chi connectivity index (χ1n) is 7.62. The fraction of sp³-hybridized carbons (Fsp3) is 0.375. The van der Waals surface area contributed by atoms with Gasteiger partial charge in [-0.25, -0.2) is 5.43 Å². The van der Waals surface area contributed by atoms with Gasteiger partial charge in [0.25, 0.3) is 5.91 Å². The van der Waals surface area contributed by atoms with Crippen LogP contribution in [0.15, 0.2) is 29.4 Å². The van der Waals surface area contributed by atoms with Crippen LogP contribution in [0.5, 0.6) is 5.75 Å². The van der Waals surface area contributed by atoms with Gasteiger partial charge in [-0.2, -0.15) is 5.10 Å². The molecule has 1 fully saturated rings. The highest BCUT2D eigenvalue weighted by molar-refractivity contribution is 6.34. The normalized spacial score (nSPS) is 14.4. The number of hydrazone groups is 1. The van der Waals surface area contributed by atoms with Gasteiger partial charge in [-0.1, -0.05) is 0 Å². The third-order valence-corrected chi connectivity index (χ3v) is 3.64. The summed E-state index contributed by atoms with van der Waals surface area (Å²) >= 11 is 0. The summed E-state index contributed by atoms with van der Waals surface area (Å²) in [6.07, 6.45) is 2.09. The minimum Gasteiger partial charge on any atom is -0.484 e. The number of ether oxygens (including phenoxy) is 1. The number of amides is 3. The molecule has 128 valence electrons. The largest absolute Gasteiger partial charge is 0.484 e. The molecule has 3 N–H and O–H groups in total. The molecule has 0 aliphatic carbocycles. The zero-order valence-electron chi connectivity index (χ0n) is 13.4. The molecule has 1 aliphatic heterocycles. The van der Waals surface area contributed by atoms with Crippen molar-refractivity contribution in [2.75, 3.05) is 19.7 Å². The molecule has 1 aromatic rings. The molecule has 0 atom stereocenters. The Morgan fingerprint density at radius 1 is 1.21 bits per heavy atom. The third kappa shape index (κ3) is 4.80. The quantitative estimate of drug-likeness (QED) is 0.449. The molecule has 0 spiro atoms. The summed E-state index contributed by atoms with van der Waals surface area (Å²) in [7, 11) is 0. The average Bonchev–Trinajstić information content (AvgIpc) is 3.12. The molecule has 1 aromatic carbocycles. The average molecular weight is 332 g/mol. The second-order valence-corrected chi connectivity index (χ2v) is 5.40. The summed E-state index contributed by atoms with van der Waals surface area (Å²) in [6.45, 7) is 3.29. The van der Waals surface area contributed by atoms with E-state index in [1.165, 1.54) is 0 Å². The first kappa shape index (κ1) is 17.5. The van der Waals surface area contributed by atoms with Crippen LogP contribution in [-0.2, 0) is 14.4 Å². The molecule has 1 aliphatic rings. The molecule has 1 saturated heterocycles. The number of nitrogens with one attached hydrogen (secondary N) is 1. The van der Waals surface area contributed by atoms with Crippen LogP contribution in [0.4, 0.5) is 0 Å². The first-order valence-corrected chi connectivity index (χ1v) is 7.62. The fourth-order valence-electron chi connectivity index (χ4n) is 2.25. The Hall–Kier alpha value is -2.90. The highest BCUT2D eigenvalue weighted by Crippen LogP contribution is 2.14. The van der Waals surface area contributed by atoms with Crippen molar-refractivity contribution in [3.05, 3.63) is 29.8 Å². The number of likely N-dealkylation sites (tertiary alicyclic amines) is 1. The van der Waals surface area contributed by atoms with Crippen molar-refractivity contribution < 1.29 is 19.1 Å². The minimum atomic E-state index is -1.10. The topological polar surface area (TPSA) is 114 Å². The molecule has 0 aromatic heterocycles. The Morgan fingerprint density at radius 2 is 1.83 bits per heavy atom. The monoisotopic (exact) mass is 332 g/mol. The van der Waals surface area contributed by atoms with E-state index in [1.54, 1.807) is 36.1 Å². The van der Waals surface area contributed by atoms with Gasteiger partial charge >= 0.3 is 11.8 Å². The number of nitrogens with two attached hydrogens (primary N) is 1. The summed E-state index contributed by atoms with van der Waals surface area (Å²) in [5, 5.41) is 3.79. The van der Waals surface area contributed by atoms with Crippen LogP contribution in [-0.4, -0.2) is 48.0 Å². The van der Waals surface area contributed by atoms with E-state index >= 15 is 0 Å². The lowest BCUT2D eigenvalue weighted by molar-refractivity contribution is -0.137. The van der Waals surface area contributed by atoms with Crippen molar-refractivity contribution in [1.82, 2.24) is 10.3 Å². The van der Waals surface area contributed by atoms with Gasteiger partial charge in [-0.3, -0.25) is 14.4 Å². The maximum absolute atomic E-state index is 11.9. The SMILES string of the molecule is C/C(=N/NC(=O)C(N)=O)c1ccc(OCC(=O)N2CCCC2)cc1. The van der Waals surface area contributed by atoms with Crippen molar-refractivity contribution in [2.45, 2.75) is 19.8 Å². The van der Waals surface area contributed by atoms with Crippen molar-refractivity contribution in [3.8, 4) is 5.75 Å². The molecule has 24 heavy (non-hydrogen) atoms. The molecule has 8 nitrogen and oxygen atoms in total. The molecule has 2 rings (SSSR count). The van der Waals surface area contributed by atoms with Crippen molar-refractivity contribution in [2.24, 2.45) is 10.8 Å². The Morgan fingerprint density at radius 3 is 2.42 bits per heavy atom. The minimum absolute atomic E-state index is 0.0107. The summed E-state index contributed by atoms with van der Waals surface area (Å²) in [5.74, 6) is -1.52. The lowest BCUT2D eigenvalue weighted by Gasteiger charge is -2.15. The maximum Gasteiger partial charge on any atom is 0.329 e. The number of benzene rings is 1. The number of hydrogen-bond acceptors (Lipinski definition) is 5. The van der Waals surface area contributed by atoms with Crippen LogP contribution in [0.3, 0.4) is 0 Å². The van der Waals surface area contributed by atoms with Crippen LogP contribution in [0.25, 0.3) is 0 Å². The third-order valence-electron chi connectivity index (χ3n) is 3.64. The number of nitrogens with zero attached hydrogens (tertiary/aromatic N) is 2. The molecular weight excluding hydrogens is 312 g/mol. The van der Waals surface area contributed by atoms with E-state index in [0.29, 0.717) is 11.5 Å². The van der Waals surface area contributed by atoms with Crippen LogP contribution in [0.1, 0.15) is 25.3 Å². The standard InChI is InChI=1S/C16H20N4O4/c1-11(18-19-16(23)15(17)22)12-4-6-13(7-5-12)24-10-14(21)20-8-2-3-9-20/h4-7H,2-3,8-10H2,1H3,(H2,17,22)(H,19,23)/b18-11-. The van der Waals surface area contributed by atoms with Crippen molar-refractivity contribution in [3.63, 3.8) is 0 Å². The summed E-state index contributed by atoms with van der Waals surface area (Å²) < 4.78 is 5.48. The first-order chi connectivity index (χ1) is 11.5. The second kappa shape index (κ2) is 8.09. The number of carbonyl (C=O) groups excluding carboxylic acids is 3. The molecule has 3 amide bonds. The lowest BCUT2D eigenvalue weighted by Crippen LogP contribution is -2.33. The van der Waals surface area contributed by atoms with Gasteiger partial charge in [-0.05, 0) is 49.6 Å². The van der Waals surface area contributed by atoms with Crippen LogP contribution < -0.4 is 15.9 Å². The molecule has 0 unspecified atom stereocenters. The fourth-order valence-corrected chi connectivity index (χ4v) is 2.25. The molecule has 1 heterocycles. The number of rotatable bonds is 5. The maximum atomic E-state index is 11.9. The summed E-state index contributed by atoms with van der Waals surface area (Å²) in [4.78, 5) is 35.4. The second-order valence-electron chi connectivity index (χ2n) is 5.40. The van der Waals surface area contributed by atoms with E-state index in [9.17, 15) is 14.4 Å². The number of carbonyl (C=O) groups is 3. The zero-order valence-corrected chi connectivity index (χ0v) is 13.4. The van der Waals surface area contributed by atoms with Crippen LogP contribution in [0, 0.1) is 0 Å². The van der Waals surface area contributed by atoms with Crippen molar-refractivity contribution in [1.29, 1.82) is 0 Å². The van der Waals surface area contributed by atoms with Gasteiger partial charge in [0, 0.05) is 13.1 Å². The van der Waals surface area contributed by atoms with E-state index < -0.39 is 11.8 Å². The summed E-state index contributed by atoms with van der Waals surface area (Å²) in [5.41, 5.74) is 8.11. The molecule has 0 saturated carbocycles. The van der Waals surface area contributed by atoms with Gasteiger partial charge in [0.15, 0.2) is 6.61 Å². The van der Waals surface area contributed by atoms with Gasteiger partial charge in [-0.15, -0.1) is 0 Å². The van der Waals surface area contributed by atoms with E-state index in [0.717, 1.165) is 31.5 Å². The van der Waals surface area contributed by atoms with E-state index in [-0.39, 0.29) is 12.5 Å². The predicted octanol–water partition coefficient (Wildman–Crippen LogP) is 0.0133. The van der Waals surface area contributed by atoms with Gasteiger partial charge in [0.2, 0.25) is 0 Å². The molecule has 0 bridgehead atoms. The van der Waals surface area contributed by atoms with Gasteiger partial charge in [0.1, 0.15) is 5.75 Å². The highest BCUT2D eigenvalue weighted by atomic mass is 16.5. The zero-order chi connectivity index (χ0) is 17.5. The van der Waals surface area contributed by atoms with Crippen LogP contribution in [0.2, 0.25) is 0 Å². The summed E-state index contributed by atoms with van der Waals surface area (Å²) in [6, 6.07) is 6.90. The van der Waals surface area contributed by atoms with Gasteiger partial charge in [0.05, 0.1) is 5.71 Å². The predicted molar refractivity (Wildman–Crippen MR) is 87.3 cm³/mol. The smallest absolute Gasteiger partial charge is 0.329 e. The molecular formula is C16H20N4O4. The van der Waals surface area contributed by atoms with E-state index in [2.05, 4.69) is 10.5 Å². The van der Waals surface area contributed by atoms with E-state index in [1.807, 2.05) is 0 Å². The number of primary amides is 1. The number of hydrogen-bond donors (Lipinski definition) is 2. The molecule has 8 heteroatoms. The Labute approximate surface area is 139 Å². The highest BCUT2D eigenvalue weighted by Gasteiger charge is 2.18. The molecule has 0 radical (unpaired) electrons.